The predicted molar refractivity (Wildman–Crippen MR) is 72.3 cm³/mol. The molecule has 2 aromatic carbocycles. The summed E-state index contributed by atoms with van der Waals surface area (Å²) in [4.78, 5) is 0. The number of nitrogens with one attached hydrogen (secondary N) is 1. The summed E-state index contributed by atoms with van der Waals surface area (Å²) in [5, 5.41) is 11.9. The highest BCUT2D eigenvalue weighted by molar-refractivity contribution is 5.67. The monoisotopic (exact) mass is 274 g/mol. The lowest BCUT2D eigenvalue weighted by molar-refractivity contribution is -0.0493. The van der Waals surface area contributed by atoms with E-state index in [0.29, 0.717) is 16.9 Å². The number of anilines is 2. The van der Waals surface area contributed by atoms with E-state index in [1.54, 1.807) is 36.4 Å². The van der Waals surface area contributed by atoms with Gasteiger partial charge in [0.2, 0.25) is 0 Å². The second kappa shape index (κ2) is 6.02. The minimum absolute atomic E-state index is 0.0736. The van der Waals surface area contributed by atoms with Crippen LogP contribution in [0.2, 0.25) is 0 Å². The first-order valence-electron chi connectivity index (χ1n) is 5.92. The molecule has 5 heteroatoms. The van der Waals surface area contributed by atoms with Crippen LogP contribution >= 0.6 is 0 Å². The van der Waals surface area contributed by atoms with E-state index in [4.69, 9.17) is 5.26 Å². The molecule has 0 fully saturated rings. The van der Waals surface area contributed by atoms with Gasteiger partial charge in [0.05, 0.1) is 17.3 Å². The van der Waals surface area contributed by atoms with Crippen LogP contribution in [0.4, 0.5) is 20.2 Å². The smallest absolute Gasteiger partial charge is 0.387 e. The van der Waals surface area contributed by atoms with Gasteiger partial charge in [-0.05, 0) is 42.8 Å². The zero-order valence-corrected chi connectivity index (χ0v) is 10.7. The molecule has 0 aromatic heterocycles. The van der Waals surface area contributed by atoms with Crippen molar-refractivity contribution in [3.8, 4) is 11.8 Å². The molecule has 0 saturated carbocycles. The van der Waals surface area contributed by atoms with E-state index >= 15 is 0 Å². The maximum absolute atomic E-state index is 12.3. The molecule has 3 nitrogen and oxygen atoms in total. The Balaban J connectivity index is 2.26. The van der Waals surface area contributed by atoms with Gasteiger partial charge in [-0.1, -0.05) is 12.1 Å². The standard InChI is InChI=1S/C15H12F2N2O/c1-10-8-12(7-6-11(10)9-18)19-13-4-2-3-5-14(13)20-15(16)17/h2-8,15,19H,1H3. The Bertz CT molecular complexity index is 651. The average Bonchev–Trinajstić information content (AvgIpc) is 2.41. The van der Waals surface area contributed by atoms with Gasteiger partial charge >= 0.3 is 6.61 Å². The van der Waals surface area contributed by atoms with E-state index in [0.717, 1.165) is 5.56 Å². The van der Waals surface area contributed by atoms with Crippen molar-refractivity contribution in [1.29, 1.82) is 5.26 Å². The number of nitriles is 1. The van der Waals surface area contributed by atoms with Crippen LogP contribution < -0.4 is 10.1 Å². The summed E-state index contributed by atoms with van der Waals surface area (Å²) in [5.41, 5.74) is 2.53. The second-order valence-corrected chi connectivity index (χ2v) is 4.14. The molecule has 0 amide bonds. The van der Waals surface area contributed by atoms with Crippen molar-refractivity contribution in [2.24, 2.45) is 0 Å². The molecule has 102 valence electrons. The largest absolute Gasteiger partial charge is 0.433 e. The zero-order valence-electron chi connectivity index (χ0n) is 10.7. The number of rotatable bonds is 4. The average molecular weight is 274 g/mol. The normalized spacial score (nSPS) is 10.2. The molecule has 0 spiro atoms. The third kappa shape index (κ3) is 3.23. The highest BCUT2D eigenvalue weighted by atomic mass is 19.3. The van der Waals surface area contributed by atoms with Gasteiger partial charge in [-0.25, -0.2) is 0 Å². The summed E-state index contributed by atoms with van der Waals surface area (Å²) < 4.78 is 29.1. The number of nitrogens with zero attached hydrogens (tertiary/aromatic N) is 1. The first kappa shape index (κ1) is 13.8. The number of ether oxygens (including phenoxy) is 1. The van der Waals surface area contributed by atoms with E-state index < -0.39 is 6.61 Å². The van der Waals surface area contributed by atoms with E-state index in [1.165, 1.54) is 6.07 Å². The highest BCUT2D eigenvalue weighted by Gasteiger charge is 2.09. The Hall–Kier alpha value is -2.61. The quantitative estimate of drug-likeness (QED) is 0.908. The molecule has 2 rings (SSSR count). The van der Waals surface area contributed by atoms with Crippen molar-refractivity contribution < 1.29 is 13.5 Å². The molecule has 0 aliphatic heterocycles. The second-order valence-electron chi connectivity index (χ2n) is 4.14. The zero-order chi connectivity index (χ0) is 14.5. The number of alkyl halides is 2. The van der Waals surface area contributed by atoms with E-state index in [1.807, 2.05) is 6.92 Å². The molecule has 1 N–H and O–H groups in total. The minimum Gasteiger partial charge on any atom is -0.433 e. The molecule has 20 heavy (non-hydrogen) atoms. The summed E-state index contributed by atoms with van der Waals surface area (Å²) in [5.74, 6) is 0.0736. The summed E-state index contributed by atoms with van der Waals surface area (Å²) in [6, 6.07) is 13.7. The SMILES string of the molecule is Cc1cc(Nc2ccccc2OC(F)F)ccc1C#N. The van der Waals surface area contributed by atoms with E-state index in [-0.39, 0.29) is 5.75 Å². The number of hydrogen-bond acceptors (Lipinski definition) is 3. The molecular formula is C15H12F2N2O. The number of para-hydroxylation sites is 2. The fourth-order valence-corrected chi connectivity index (χ4v) is 1.79. The van der Waals surface area contributed by atoms with Gasteiger partial charge in [0.15, 0.2) is 0 Å². The van der Waals surface area contributed by atoms with Crippen LogP contribution in [-0.2, 0) is 0 Å². The van der Waals surface area contributed by atoms with Gasteiger partial charge in [0, 0.05) is 5.69 Å². The summed E-state index contributed by atoms with van der Waals surface area (Å²) in [7, 11) is 0. The van der Waals surface area contributed by atoms with Gasteiger partial charge in [-0.15, -0.1) is 0 Å². The first-order chi connectivity index (χ1) is 9.60. The Kier molecular flexibility index (Phi) is 4.16. The van der Waals surface area contributed by atoms with Crippen LogP contribution in [0, 0.1) is 18.3 Å². The maximum Gasteiger partial charge on any atom is 0.387 e. The van der Waals surface area contributed by atoms with E-state index in [9.17, 15) is 8.78 Å². The van der Waals surface area contributed by atoms with Crippen LogP contribution in [-0.4, -0.2) is 6.61 Å². The Morgan fingerprint density at radius 2 is 1.95 bits per heavy atom. The lowest BCUT2D eigenvalue weighted by atomic mass is 10.1. The lowest BCUT2D eigenvalue weighted by Crippen LogP contribution is -2.04. The predicted octanol–water partition coefficient (Wildman–Crippen LogP) is 4.21. The van der Waals surface area contributed by atoms with Crippen molar-refractivity contribution in [2.75, 3.05) is 5.32 Å². The molecular weight excluding hydrogens is 262 g/mol. The van der Waals surface area contributed by atoms with Crippen LogP contribution in [0.5, 0.6) is 5.75 Å². The van der Waals surface area contributed by atoms with Crippen molar-refractivity contribution in [3.05, 3.63) is 53.6 Å². The van der Waals surface area contributed by atoms with Gasteiger partial charge in [-0.2, -0.15) is 14.0 Å². The molecule has 0 saturated heterocycles. The fraction of sp³-hybridized carbons (Fsp3) is 0.133. The fourth-order valence-electron chi connectivity index (χ4n) is 1.79. The molecule has 0 bridgehead atoms. The van der Waals surface area contributed by atoms with Gasteiger partial charge in [-0.3, -0.25) is 0 Å². The number of benzene rings is 2. The topological polar surface area (TPSA) is 45.0 Å². The Morgan fingerprint density at radius 3 is 2.60 bits per heavy atom. The van der Waals surface area contributed by atoms with Crippen molar-refractivity contribution in [2.45, 2.75) is 13.5 Å². The molecule has 0 aliphatic carbocycles. The van der Waals surface area contributed by atoms with Crippen LogP contribution in [0.1, 0.15) is 11.1 Å². The third-order valence-electron chi connectivity index (χ3n) is 2.73. The molecule has 0 atom stereocenters. The Labute approximate surface area is 115 Å². The molecule has 0 unspecified atom stereocenters. The summed E-state index contributed by atoms with van der Waals surface area (Å²) in [6.07, 6.45) is 0. The molecule has 0 heterocycles. The Morgan fingerprint density at radius 1 is 1.20 bits per heavy atom. The van der Waals surface area contributed by atoms with Gasteiger partial charge in [0.1, 0.15) is 5.75 Å². The summed E-state index contributed by atoms with van der Waals surface area (Å²) in [6.45, 7) is -1.06. The van der Waals surface area contributed by atoms with E-state index in [2.05, 4.69) is 16.1 Å². The van der Waals surface area contributed by atoms with Crippen molar-refractivity contribution in [1.82, 2.24) is 0 Å². The number of aryl methyl sites for hydroxylation is 1. The van der Waals surface area contributed by atoms with Crippen LogP contribution in [0.3, 0.4) is 0 Å². The number of halogens is 2. The van der Waals surface area contributed by atoms with Gasteiger partial charge in [0.25, 0.3) is 0 Å². The lowest BCUT2D eigenvalue weighted by Gasteiger charge is -2.13. The van der Waals surface area contributed by atoms with Crippen LogP contribution in [0.25, 0.3) is 0 Å². The molecule has 2 aromatic rings. The minimum atomic E-state index is -2.87. The highest BCUT2D eigenvalue weighted by Crippen LogP contribution is 2.29. The summed E-state index contributed by atoms with van der Waals surface area (Å²) >= 11 is 0. The molecule has 0 radical (unpaired) electrons. The van der Waals surface area contributed by atoms with Crippen molar-refractivity contribution in [3.63, 3.8) is 0 Å². The van der Waals surface area contributed by atoms with Gasteiger partial charge < -0.3 is 10.1 Å². The first-order valence-corrected chi connectivity index (χ1v) is 5.92. The van der Waals surface area contributed by atoms with Crippen LogP contribution in [0.15, 0.2) is 42.5 Å². The molecule has 0 aliphatic rings. The van der Waals surface area contributed by atoms with Crippen molar-refractivity contribution >= 4 is 11.4 Å². The third-order valence-corrected chi connectivity index (χ3v) is 2.73. The number of hydrogen-bond donors (Lipinski definition) is 1. The maximum atomic E-state index is 12.3.